The summed E-state index contributed by atoms with van der Waals surface area (Å²) in [5.41, 5.74) is -0.819. The maximum absolute atomic E-state index is 13.0. The Hall–Kier alpha value is -2.39. The first-order chi connectivity index (χ1) is 12.8. The lowest BCUT2D eigenvalue weighted by molar-refractivity contribution is -0.140. The van der Waals surface area contributed by atoms with Gasteiger partial charge in [-0.2, -0.15) is 4.31 Å². The molecule has 0 unspecified atom stereocenters. The van der Waals surface area contributed by atoms with Crippen molar-refractivity contribution in [2.24, 2.45) is 0 Å². The van der Waals surface area contributed by atoms with Crippen molar-refractivity contribution >= 4 is 15.9 Å². The molecular formula is C18H24N4O4S. The van der Waals surface area contributed by atoms with Gasteiger partial charge in [-0.15, -0.1) is 0 Å². The van der Waals surface area contributed by atoms with E-state index < -0.39 is 15.6 Å². The smallest absolute Gasteiger partial charge is 0.248 e. The summed E-state index contributed by atoms with van der Waals surface area (Å²) >= 11 is 0. The highest BCUT2D eigenvalue weighted by Gasteiger charge is 2.46. The molecular weight excluding hydrogens is 368 g/mol. The third-order valence-corrected chi connectivity index (χ3v) is 6.93. The minimum atomic E-state index is -3.66. The molecule has 0 aliphatic carbocycles. The summed E-state index contributed by atoms with van der Waals surface area (Å²) in [4.78, 5) is 18.7. The number of aromatic nitrogens is 2. The minimum absolute atomic E-state index is 0.0565. The van der Waals surface area contributed by atoms with Crippen molar-refractivity contribution in [1.82, 2.24) is 18.8 Å². The molecule has 0 bridgehead atoms. The zero-order valence-electron chi connectivity index (χ0n) is 15.7. The second-order valence-corrected chi connectivity index (χ2v) is 8.72. The normalized spacial score (nSPS) is 17.4. The van der Waals surface area contributed by atoms with Crippen molar-refractivity contribution in [3.05, 3.63) is 43.0 Å². The van der Waals surface area contributed by atoms with Crippen LogP contribution in [-0.2, 0) is 20.4 Å². The lowest BCUT2D eigenvalue weighted by Crippen LogP contribution is -2.55. The monoisotopic (exact) mass is 392 g/mol. The van der Waals surface area contributed by atoms with Gasteiger partial charge in [-0.3, -0.25) is 4.79 Å². The largest absolute Gasteiger partial charge is 0.497 e. The molecule has 8 nitrogen and oxygen atoms in total. The van der Waals surface area contributed by atoms with Crippen LogP contribution in [0.1, 0.15) is 12.8 Å². The number of likely N-dealkylation sites (N-methyl/N-ethyl adjacent to an activating group) is 1. The predicted molar refractivity (Wildman–Crippen MR) is 99.9 cm³/mol. The highest BCUT2D eigenvalue weighted by atomic mass is 32.2. The molecule has 0 N–H and O–H groups in total. The molecule has 1 aliphatic rings. The van der Waals surface area contributed by atoms with Crippen LogP contribution in [-0.4, -0.2) is 67.4 Å². The number of piperidine rings is 1. The van der Waals surface area contributed by atoms with Gasteiger partial charge < -0.3 is 14.2 Å². The van der Waals surface area contributed by atoms with Crippen LogP contribution in [0, 0.1) is 0 Å². The number of nitrogens with zero attached hydrogens (tertiary/aromatic N) is 4. The van der Waals surface area contributed by atoms with Crippen molar-refractivity contribution in [2.75, 3.05) is 34.3 Å². The first kappa shape index (κ1) is 19.4. The zero-order valence-corrected chi connectivity index (χ0v) is 16.5. The fourth-order valence-electron chi connectivity index (χ4n) is 3.52. The van der Waals surface area contributed by atoms with Gasteiger partial charge in [-0.1, -0.05) is 6.07 Å². The number of hydrogen-bond donors (Lipinski definition) is 0. The van der Waals surface area contributed by atoms with E-state index in [-0.39, 0.29) is 23.9 Å². The average Bonchev–Trinajstić information content (AvgIpc) is 3.22. The van der Waals surface area contributed by atoms with E-state index >= 15 is 0 Å². The number of imidazole rings is 1. The van der Waals surface area contributed by atoms with E-state index in [1.807, 2.05) is 0 Å². The van der Waals surface area contributed by atoms with Gasteiger partial charge in [0.25, 0.3) is 0 Å². The summed E-state index contributed by atoms with van der Waals surface area (Å²) < 4.78 is 34.4. The minimum Gasteiger partial charge on any atom is -0.497 e. The van der Waals surface area contributed by atoms with Gasteiger partial charge in [-0.25, -0.2) is 13.4 Å². The fourth-order valence-corrected chi connectivity index (χ4v) is 5.00. The number of carbonyl (C=O) groups is 1. The van der Waals surface area contributed by atoms with Gasteiger partial charge >= 0.3 is 0 Å². The number of carbonyl (C=O) groups excluding carboxylic acids is 1. The highest BCUT2D eigenvalue weighted by molar-refractivity contribution is 7.89. The Kier molecular flexibility index (Phi) is 5.25. The number of amides is 1. The summed E-state index contributed by atoms with van der Waals surface area (Å²) in [6.45, 7) is 0.495. The molecule has 3 rings (SSSR count). The summed E-state index contributed by atoms with van der Waals surface area (Å²) in [5.74, 6) is 0.433. The molecule has 0 spiro atoms. The molecule has 2 heterocycles. The first-order valence-electron chi connectivity index (χ1n) is 8.66. The Morgan fingerprint density at radius 1 is 1.26 bits per heavy atom. The maximum Gasteiger partial charge on any atom is 0.248 e. The summed E-state index contributed by atoms with van der Waals surface area (Å²) in [5, 5.41) is 0. The Labute approximate surface area is 159 Å². The average molecular weight is 392 g/mol. The van der Waals surface area contributed by atoms with Crippen LogP contribution in [0.3, 0.4) is 0 Å². The predicted octanol–water partition coefficient (Wildman–Crippen LogP) is 1.16. The van der Waals surface area contributed by atoms with E-state index in [1.54, 1.807) is 60.5 Å². The topological polar surface area (TPSA) is 84.7 Å². The van der Waals surface area contributed by atoms with Crippen LogP contribution < -0.4 is 4.74 Å². The van der Waals surface area contributed by atoms with E-state index in [1.165, 1.54) is 17.5 Å². The van der Waals surface area contributed by atoms with E-state index in [9.17, 15) is 13.2 Å². The van der Waals surface area contributed by atoms with E-state index in [4.69, 9.17) is 4.74 Å². The van der Waals surface area contributed by atoms with Crippen LogP contribution in [0.5, 0.6) is 5.75 Å². The number of methoxy groups -OCH3 is 1. The molecule has 0 atom stereocenters. The summed E-state index contributed by atoms with van der Waals surface area (Å²) in [6, 6.07) is 6.43. The molecule has 27 heavy (non-hydrogen) atoms. The number of benzene rings is 1. The molecule has 1 fully saturated rings. The third kappa shape index (κ3) is 3.44. The van der Waals surface area contributed by atoms with E-state index in [2.05, 4.69) is 4.98 Å². The Morgan fingerprint density at radius 2 is 1.96 bits per heavy atom. The highest BCUT2D eigenvalue weighted by Crippen LogP contribution is 2.34. The SMILES string of the molecule is COc1cccc(S(=O)(=O)N2CCC(C(=O)N(C)C)(n3ccnc3)CC2)c1. The van der Waals surface area contributed by atoms with Crippen LogP contribution in [0.15, 0.2) is 47.9 Å². The van der Waals surface area contributed by atoms with Gasteiger partial charge in [0.1, 0.15) is 11.3 Å². The van der Waals surface area contributed by atoms with Crippen molar-refractivity contribution in [2.45, 2.75) is 23.3 Å². The number of rotatable bonds is 5. The Morgan fingerprint density at radius 3 is 2.52 bits per heavy atom. The quantitative estimate of drug-likeness (QED) is 0.762. The number of sulfonamides is 1. The standard InChI is InChI=1S/C18H24N4O4S/c1-20(2)17(23)18(21-12-9-19-14-21)7-10-22(11-8-18)27(24,25)16-6-4-5-15(13-16)26-3/h4-6,9,12-14H,7-8,10-11H2,1-3H3. The number of ether oxygens (including phenoxy) is 1. The molecule has 1 aromatic carbocycles. The van der Waals surface area contributed by atoms with Crippen molar-refractivity contribution in [1.29, 1.82) is 0 Å². The Bertz CT molecular complexity index is 901. The fraction of sp³-hybridized carbons (Fsp3) is 0.444. The van der Waals surface area contributed by atoms with Crippen molar-refractivity contribution < 1.29 is 17.9 Å². The van der Waals surface area contributed by atoms with E-state index in [0.29, 0.717) is 18.6 Å². The van der Waals surface area contributed by atoms with Crippen LogP contribution in [0.25, 0.3) is 0 Å². The molecule has 1 aromatic heterocycles. The first-order valence-corrected chi connectivity index (χ1v) is 10.1. The second-order valence-electron chi connectivity index (χ2n) is 6.78. The van der Waals surface area contributed by atoms with Gasteiger partial charge in [0.15, 0.2) is 0 Å². The van der Waals surface area contributed by atoms with Crippen molar-refractivity contribution in [3.8, 4) is 5.75 Å². The van der Waals surface area contributed by atoms with Gasteiger partial charge in [0, 0.05) is 45.6 Å². The molecule has 1 aliphatic heterocycles. The van der Waals surface area contributed by atoms with Gasteiger partial charge in [-0.05, 0) is 25.0 Å². The van der Waals surface area contributed by atoms with Crippen LogP contribution in [0.2, 0.25) is 0 Å². The maximum atomic E-state index is 13.0. The number of hydrogen-bond acceptors (Lipinski definition) is 5. The van der Waals surface area contributed by atoms with E-state index in [0.717, 1.165) is 0 Å². The molecule has 9 heteroatoms. The van der Waals surface area contributed by atoms with Crippen molar-refractivity contribution in [3.63, 3.8) is 0 Å². The molecule has 146 valence electrons. The summed E-state index contributed by atoms with van der Waals surface area (Å²) in [7, 11) is 1.26. The molecule has 2 aromatic rings. The van der Waals surface area contributed by atoms with Gasteiger partial charge in [0.05, 0.1) is 18.3 Å². The van der Waals surface area contributed by atoms with Crippen LogP contribution in [0.4, 0.5) is 0 Å². The third-order valence-electron chi connectivity index (χ3n) is 5.03. The lowest BCUT2D eigenvalue weighted by atomic mass is 9.86. The second kappa shape index (κ2) is 7.32. The zero-order chi connectivity index (χ0) is 19.7. The van der Waals surface area contributed by atoms with Gasteiger partial charge in [0.2, 0.25) is 15.9 Å². The molecule has 0 saturated carbocycles. The lowest BCUT2D eigenvalue weighted by Gasteiger charge is -2.42. The molecule has 0 radical (unpaired) electrons. The van der Waals surface area contributed by atoms with Crippen LogP contribution >= 0.6 is 0 Å². The molecule has 1 saturated heterocycles. The molecule has 1 amide bonds. The Balaban J connectivity index is 1.87. The summed E-state index contributed by atoms with van der Waals surface area (Å²) in [6.07, 6.45) is 5.76.